The minimum Gasteiger partial charge on any atom is -0.504 e. The van der Waals surface area contributed by atoms with Crippen LogP contribution in [0.15, 0.2) is 18.2 Å². The van der Waals surface area contributed by atoms with Crippen LogP contribution in [-0.2, 0) is 16.1 Å². The zero-order valence-electron chi connectivity index (χ0n) is 7.43. The lowest BCUT2D eigenvalue weighted by Gasteiger charge is -2.02. The fourth-order valence-electron chi connectivity index (χ4n) is 1.03. The van der Waals surface area contributed by atoms with Gasteiger partial charge in [-0.1, -0.05) is 6.07 Å². The third kappa shape index (κ3) is 2.63. The Morgan fingerprint density at radius 2 is 2.07 bits per heavy atom. The van der Waals surface area contributed by atoms with Gasteiger partial charge in [0.15, 0.2) is 11.5 Å². The highest BCUT2D eigenvalue weighted by Crippen LogP contribution is 2.25. The lowest BCUT2D eigenvalue weighted by Crippen LogP contribution is -2.10. The van der Waals surface area contributed by atoms with E-state index < -0.39 is 5.97 Å². The molecule has 5 heteroatoms. The molecule has 0 aliphatic heterocycles. The van der Waals surface area contributed by atoms with Crippen molar-refractivity contribution in [2.24, 2.45) is 5.90 Å². The molecule has 0 aromatic heterocycles. The first kappa shape index (κ1) is 10.3. The fraction of sp³-hybridized carbons (Fsp3) is 0.222. The third-order valence-electron chi connectivity index (χ3n) is 1.79. The van der Waals surface area contributed by atoms with Gasteiger partial charge in [0, 0.05) is 0 Å². The van der Waals surface area contributed by atoms with E-state index in [0.29, 0.717) is 6.42 Å². The zero-order valence-corrected chi connectivity index (χ0v) is 7.43. The van der Waals surface area contributed by atoms with Crippen LogP contribution in [0, 0.1) is 0 Å². The number of carbonyl (C=O) groups excluding carboxylic acids is 1. The van der Waals surface area contributed by atoms with Crippen molar-refractivity contribution in [2.45, 2.75) is 12.8 Å². The van der Waals surface area contributed by atoms with Gasteiger partial charge in [0.25, 0.3) is 0 Å². The smallest absolute Gasteiger partial charge is 0.324 e. The molecule has 0 aliphatic carbocycles. The highest BCUT2D eigenvalue weighted by atomic mass is 16.7. The van der Waals surface area contributed by atoms with Crippen LogP contribution in [0.3, 0.4) is 0 Å². The monoisotopic (exact) mass is 197 g/mol. The Balaban J connectivity index is 2.60. The SMILES string of the molecule is NOC(=O)CCc1ccc(O)c(O)c1. The Kier molecular flexibility index (Phi) is 3.30. The van der Waals surface area contributed by atoms with E-state index in [1.807, 2.05) is 0 Å². The number of phenols is 2. The van der Waals surface area contributed by atoms with E-state index in [1.165, 1.54) is 12.1 Å². The van der Waals surface area contributed by atoms with Gasteiger partial charge in [0.2, 0.25) is 0 Å². The Hall–Kier alpha value is -1.75. The first-order valence-electron chi connectivity index (χ1n) is 4.04. The third-order valence-corrected chi connectivity index (χ3v) is 1.79. The summed E-state index contributed by atoms with van der Waals surface area (Å²) in [5, 5.41) is 18.1. The number of aromatic hydroxyl groups is 2. The number of phenolic OH excluding ortho intramolecular Hbond substituents is 2. The molecule has 1 aromatic carbocycles. The molecular formula is C9H11NO4. The van der Waals surface area contributed by atoms with Crippen LogP contribution < -0.4 is 5.90 Å². The highest BCUT2D eigenvalue weighted by molar-refractivity contribution is 5.69. The summed E-state index contributed by atoms with van der Waals surface area (Å²) >= 11 is 0. The average molecular weight is 197 g/mol. The molecular weight excluding hydrogens is 186 g/mol. The van der Waals surface area contributed by atoms with Gasteiger partial charge in [-0.25, -0.2) is 0 Å². The van der Waals surface area contributed by atoms with Crippen molar-refractivity contribution in [1.82, 2.24) is 0 Å². The number of rotatable bonds is 3. The van der Waals surface area contributed by atoms with Crippen molar-refractivity contribution < 1.29 is 19.8 Å². The Labute approximate surface area is 80.7 Å². The van der Waals surface area contributed by atoms with Crippen molar-refractivity contribution >= 4 is 5.97 Å². The Morgan fingerprint density at radius 1 is 1.36 bits per heavy atom. The van der Waals surface area contributed by atoms with Crippen LogP contribution in [0.25, 0.3) is 0 Å². The van der Waals surface area contributed by atoms with E-state index >= 15 is 0 Å². The highest BCUT2D eigenvalue weighted by Gasteiger charge is 2.04. The average Bonchev–Trinajstić information content (AvgIpc) is 2.19. The van der Waals surface area contributed by atoms with Gasteiger partial charge in [-0.3, -0.25) is 4.79 Å². The molecule has 0 saturated heterocycles. The van der Waals surface area contributed by atoms with Crippen LogP contribution >= 0.6 is 0 Å². The van der Waals surface area contributed by atoms with Crippen LogP contribution in [-0.4, -0.2) is 16.2 Å². The second kappa shape index (κ2) is 4.48. The van der Waals surface area contributed by atoms with Gasteiger partial charge in [0.1, 0.15) is 0 Å². The number of hydrogen-bond donors (Lipinski definition) is 3. The maximum absolute atomic E-state index is 10.7. The van der Waals surface area contributed by atoms with E-state index in [-0.39, 0.29) is 17.9 Å². The normalized spacial score (nSPS) is 9.79. The summed E-state index contributed by atoms with van der Waals surface area (Å²) in [7, 11) is 0. The van der Waals surface area contributed by atoms with Gasteiger partial charge < -0.3 is 15.1 Å². The molecule has 0 radical (unpaired) electrons. The molecule has 0 fully saturated rings. The molecule has 0 atom stereocenters. The van der Waals surface area contributed by atoms with Crippen LogP contribution in [0.2, 0.25) is 0 Å². The largest absolute Gasteiger partial charge is 0.504 e. The quantitative estimate of drug-likeness (QED) is 0.483. The Bertz CT molecular complexity index is 338. The van der Waals surface area contributed by atoms with Gasteiger partial charge in [-0.2, -0.15) is 5.90 Å². The zero-order chi connectivity index (χ0) is 10.6. The topological polar surface area (TPSA) is 92.8 Å². The van der Waals surface area contributed by atoms with Gasteiger partial charge in [-0.15, -0.1) is 0 Å². The molecule has 0 amide bonds. The number of benzene rings is 1. The Morgan fingerprint density at radius 3 is 2.64 bits per heavy atom. The maximum atomic E-state index is 10.7. The first-order chi connectivity index (χ1) is 6.63. The van der Waals surface area contributed by atoms with Crippen molar-refractivity contribution in [3.63, 3.8) is 0 Å². The molecule has 0 heterocycles. The summed E-state index contributed by atoms with van der Waals surface area (Å²) in [6, 6.07) is 4.36. The van der Waals surface area contributed by atoms with Gasteiger partial charge >= 0.3 is 5.97 Å². The first-order valence-corrected chi connectivity index (χ1v) is 4.04. The van der Waals surface area contributed by atoms with Crippen molar-refractivity contribution in [3.05, 3.63) is 23.8 Å². The van der Waals surface area contributed by atoms with E-state index in [4.69, 9.17) is 10.2 Å². The minimum absolute atomic E-state index is 0.140. The predicted octanol–water partition coefficient (Wildman–Crippen LogP) is 0.447. The second-order valence-corrected chi connectivity index (χ2v) is 2.81. The molecule has 1 aromatic rings. The van der Waals surface area contributed by atoms with Crippen LogP contribution in [0.4, 0.5) is 0 Å². The molecule has 4 N–H and O–H groups in total. The van der Waals surface area contributed by atoms with Crippen molar-refractivity contribution in [2.75, 3.05) is 0 Å². The summed E-state index contributed by atoms with van der Waals surface area (Å²) in [5.41, 5.74) is 0.728. The van der Waals surface area contributed by atoms with E-state index in [0.717, 1.165) is 5.56 Å². The van der Waals surface area contributed by atoms with Crippen LogP contribution in [0.5, 0.6) is 11.5 Å². The molecule has 0 saturated carbocycles. The lowest BCUT2D eigenvalue weighted by atomic mass is 10.1. The number of nitrogens with two attached hydrogens (primary N) is 1. The van der Waals surface area contributed by atoms with Crippen LogP contribution in [0.1, 0.15) is 12.0 Å². The molecule has 76 valence electrons. The summed E-state index contributed by atoms with van der Waals surface area (Å²) in [6.07, 6.45) is 0.546. The fourth-order valence-corrected chi connectivity index (χ4v) is 1.03. The van der Waals surface area contributed by atoms with Gasteiger partial charge in [0.05, 0.1) is 6.42 Å². The number of aryl methyl sites for hydroxylation is 1. The van der Waals surface area contributed by atoms with E-state index in [9.17, 15) is 4.79 Å². The molecule has 5 nitrogen and oxygen atoms in total. The molecule has 0 spiro atoms. The second-order valence-electron chi connectivity index (χ2n) is 2.81. The summed E-state index contributed by atoms with van der Waals surface area (Å²) in [4.78, 5) is 14.7. The summed E-state index contributed by atoms with van der Waals surface area (Å²) in [5.74, 6) is 3.75. The molecule has 0 bridgehead atoms. The minimum atomic E-state index is -0.516. The molecule has 14 heavy (non-hydrogen) atoms. The predicted molar refractivity (Wildman–Crippen MR) is 48.4 cm³/mol. The number of hydrogen-bond acceptors (Lipinski definition) is 5. The maximum Gasteiger partial charge on any atom is 0.324 e. The molecule has 0 aliphatic rings. The molecule has 1 rings (SSSR count). The van der Waals surface area contributed by atoms with E-state index in [2.05, 4.69) is 10.7 Å². The standard InChI is InChI=1S/C9H11NO4/c10-14-9(13)4-2-6-1-3-7(11)8(12)5-6/h1,3,5,11-12H,2,4,10H2. The summed E-state index contributed by atoms with van der Waals surface area (Å²) < 4.78 is 0. The van der Waals surface area contributed by atoms with Gasteiger partial charge in [-0.05, 0) is 24.1 Å². The number of carbonyl (C=O) groups is 1. The lowest BCUT2D eigenvalue weighted by molar-refractivity contribution is -0.144. The summed E-state index contributed by atoms with van der Waals surface area (Å²) in [6.45, 7) is 0. The molecule has 0 unspecified atom stereocenters. The van der Waals surface area contributed by atoms with Crippen molar-refractivity contribution in [3.8, 4) is 11.5 Å². The van der Waals surface area contributed by atoms with Crippen molar-refractivity contribution in [1.29, 1.82) is 0 Å². The van der Waals surface area contributed by atoms with E-state index in [1.54, 1.807) is 6.07 Å².